The van der Waals surface area contributed by atoms with E-state index < -0.39 is 0 Å². The summed E-state index contributed by atoms with van der Waals surface area (Å²) in [6, 6.07) is 6.50. The predicted octanol–water partition coefficient (Wildman–Crippen LogP) is 3.23. The molecule has 0 saturated heterocycles. The average molecular weight is 286 g/mol. The van der Waals surface area contributed by atoms with Gasteiger partial charge in [-0.05, 0) is 49.6 Å². The summed E-state index contributed by atoms with van der Waals surface area (Å²) in [7, 11) is 1.97. The molecule has 0 aromatic carbocycles. The molecule has 2 aromatic heterocycles. The van der Waals surface area contributed by atoms with Crippen molar-refractivity contribution in [2.45, 2.75) is 53.0 Å². The van der Waals surface area contributed by atoms with Gasteiger partial charge in [-0.3, -0.25) is 0 Å². The van der Waals surface area contributed by atoms with Crippen LogP contribution in [0.25, 0.3) is 5.82 Å². The highest BCUT2D eigenvalue weighted by Crippen LogP contribution is 2.19. The van der Waals surface area contributed by atoms with Gasteiger partial charge in [-0.1, -0.05) is 27.7 Å². The van der Waals surface area contributed by atoms with Crippen LogP contribution in [0, 0.1) is 0 Å². The fraction of sp³-hybridized carbons (Fsp3) is 0.529. The second-order valence-electron chi connectivity index (χ2n) is 5.69. The summed E-state index contributed by atoms with van der Waals surface area (Å²) in [5, 5.41) is 7.92. The third-order valence-corrected chi connectivity index (χ3v) is 3.64. The maximum atomic E-state index is 4.81. The topological polar surface area (TPSA) is 42.7 Å². The van der Waals surface area contributed by atoms with Gasteiger partial charge in [0.05, 0.1) is 5.69 Å². The van der Waals surface area contributed by atoms with Crippen LogP contribution in [0.5, 0.6) is 0 Å². The first-order valence-electron chi connectivity index (χ1n) is 7.82. The van der Waals surface area contributed by atoms with E-state index in [4.69, 9.17) is 10.1 Å². The minimum atomic E-state index is 0.409. The van der Waals surface area contributed by atoms with E-state index in [1.807, 2.05) is 11.7 Å². The van der Waals surface area contributed by atoms with Crippen LogP contribution in [0.1, 0.15) is 56.3 Å². The van der Waals surface area contributed by atoms with Gasteiger partial charge in [0.15, 0.2) is 5.82 Å². The van der Waals surface area contributed by atoms with Crippen molar-refractivity contribution in [2.24, 2.45) is 0 Å². The van der Waals surface area contributed by atoms with Gasteiger partial charge in [0.2, 0.25) is 0 Å². The van der Waals surface area contributed by atoms with E-state index >= 15 is 0 Å². The zero-order valence-electron chi connectivity index (χ0n) is 13.8. The SMILES string of the molecule is CCc1cc(CC)n(-c2cc(CNC)cc(C(C)C)n2)n1. The molecule has 114 valence electrons. The standard InChI is InChI=1S/C17H26N4/c1-6-14-10-15(7-2)21(20-14)17-9-13(11-18-5)8-16(19-17)12(3)4/h8-10,12,18H,6-7,11H2,1-5H3. The van der Waals surface area contributed by atoms with Crippen molar-refractivity contribution >= 4 is 0 Å². The Labute approximate surface area is 127 Å². The second kappa shape index (κ2) is 6.85. The first-order valence-corrected chi connectivity index (χ1v) is 7.82. The van der Waals surface area contributed by atoms with E-state index in [2.05, 4.69) is 51.2 Å². The van der Waals surface area contributed by atoms with Crippen LogP contribution in [-0.2, 0) is 19.4 Å². The molecule has 0 fully saturated rings. The molecule has 0 spiro atoms. The Hall–Kier alpha value is -1.68. The third kappa shape index (κ3) is 3.50. The quantitative estimate of drug-likeness (QED) is 0.886. The Morgan fingerprint density at radius 3 is 2.48 bits per heavy atom. The lowest BCUT2D eigenvalue weighted by Crippen LogP contribution is -2.11. The van der Waals surface area contributed by atoms with Crippen LogP contribution in [0.15, 0.2) is 18.2 Å². The Morgan fingerprint density at radius 2 is 1.90 bits per heavy atom. The molecule has 0 aliphatic carbocycles. The molecule has 2 aromatic rings. The number of hydrogen-bond donors (Lipinski definition) is 1. The van der Waals surface area contributed by atoms with E-state index in [0.717, 1.165) is 36.6 Å². The number of pyridine rings is 1. The fourth-order valence-corrected chi connectivity index (χ4v) is 2.40. The van der Waals surface area contributed by atoms with Crippen molar-refractivity contribution in [3.63, 3.8) is 0 Å². The zero-order valence-corrected chi connectivity index (χ0v) is 13.8. The smallest absolute Gasteiger partial charge is 0.154 e. The normalized spacial score (nSPS) is 11.3. The van der Waals surface area contributed by atoms with Crippen LogP contribution < -0.4 is 5.32 Å². The highest BCUT2D eigenvalue weighted by molar-refractivity contribution is 5.34. The highest BCUT2D eigenvalue weighted by Gasteiger charge is 2.12. The van der Waals surface area contributed by atoms with Crippen LogP contribution in [-0.4, -0.2) is 21.8 Å². The molecule has 0 aliphatic rings. The molecule has 2 heterocycles. The van der Waals surface area contributed by atoms with Crippen molar-refractivity contribution < 1.29 is 0 Å². The number of aromatic nitrogens is 3. The lowest BCUT2D eigenvalue weighted by atomic mass is 10.1. The minimum absolute atomic E-state index is 0.409. The number of rotatable bonds is 6. The average Bonchev–Trinajstić information content (AvgIpc) is 2.90. The van der Waals surface area contributed by atoms with E-state index in [0.29, 0.717) is 5.92 Å². The molecule has 0 saturated carbocycles. The summed E-state index contributed by atoms with van der Waals surface area (Å²) in [6.45, 7) is 9.50. The summed E-state index contributed by atoms with van der Waals surface area (Å²) in [5.41, 5.74) is 4.71. The van der Waals surface area contributed by atoms with Crippen molar-refractivity contribution in [1.82, 2.24) is 20.1 Å². The Balaban J connectivity index is 2.53. The van der Waals surface area contributed by atoms with E-state index in [-0.39, 0.29) is 0 Å². The Morgan fingerprint density at radius 1 is 1.14 bits per heavy atom. The summed E-state index contributed by atoms with van der Waals surface area (Å²) >= 11 is 0. The predicted molar refractivity (Wildman–Crippen MR) is 87.0 cm³/mol. The molecule has 1 N–H and O–H groups in total. The molecule has 4 nitrogen and oxygen atoms in total. The minimum Gasteiger partial charge on any atom is -0.316 e. The molecule has 0 amide bonds. The van der Waals surface area contributed by atoms with Crippen LogP contribution in [0.4, 0.5) is 0 Å². The molecule has 0 unspecified atom stereocenters. The van der Waals surface area contributed by atoms with Crippen LogP contribution in [0.2, 0.25) is 0 Å². The van der Waals surface area contributed by atoms with E-state index in [1.165, 1.54) is 11.3 Å². The molecule has 2 rings (SSSR count). The molecule has 0 aliphatic heterocycles. The maximum absolute atomic E-state index is 4.81. The van der Waals surface area contributed by atoms with Crippen LogP contribution in [0.3, 0.4) is 0 Å². The first kappa shape index (κ1) is 15.7. The van der Waals surface area contributed by atoms with Gasteiger partial charge < -0.3 is 5.32 Å². The molecular weight excluding hydrogens is 260 g/mol. The van der Waals surface area contributed by atoms with Gasteiger partial charge in [0, 0.05) is 17.9 Å². The zero-order chi connectivity index (χ0) is 15.4. The Kier molecular flexibility index (Phi) is 5.12. The lowest BCUT2D eigenvalue weighted by molar-refractivity contribution is 0.735. The van der Waals surface area contributed by atoms with Crippen molar-refractivity contribution in [1.29, 1.82) is 0 Å². The van der Waals surface area contributed by atoms with Gasteiger partial charge in [-0.15, -0.1) is 0 Å². The van der Waals surface area contributed by atoms with Crippen molar-refractivity contribution in [3.8, 4) is 5.82 Å². The van der Waals surface area contributed by atoms with Crippen molar-refractivity contribution in [2.75, 3.05) is 7.05 Å². The number of nitrogens with zero attached hydrogens (tertiary/aromatic N) is 3. The molecule has 0 bridgehead atoms. The van der Waals surface area contributed by atoms with Gasteiger partial charge in [-0.25, -0.2) is 9.67 Å². The van der Waals surface area contributed by atoms with Gasteiger partial charge in [-0.2, -0.15) is 5.10 Å². The van der Waals surface area contributed by atoms with E-state index in [9.17, 15) is 0 Å². The van der Waals surface area contributed by atoms with Crippen LogP contribution >= 0.6 is 0 Å². The highest BCUT2D eigenvalue weighted by atomic mass is 15.3. The van der Waals surface area contributed by atoms with E-state index in [1.54, 1.807) is 0 Å². The number of nitrogens with one attached hydrogen (secondary N) is 1. The lowest BCUT2D eigenvalue weighted by Gasteiger charge is -2.12. The largest absolute Gasteiger partial charge is 0.316 e. The van der Waals surface area contributed by atoms with Gasteiger partial charge >= 0.3 is 0 Å². The fourth-order valence-electron chi connectivity index (χ4n) is 2.40. The molecule has 4 heteroatoms. The second-order valence-corrected chi connectivity index (χ2v) is 5.69. The maximum Gasteiger partial charge on any atom is 0.154 e. The monoisotopic (exact) mass is 286 g/mol. The number of aryl methyl sites for hydroxylation is 2. The molecule has 0 atom stereocenters. The first-order chi connectivity index (χ1) is 10.1. The molecule has 0 radical (unpaired) electrons. The third-order valence-electron chi connectivity index (χ3n) is 3.64. The van der Waals surface area contributed by atoms with Crippen molar-refractivity contribution in [3.05, 3.63) is 40.8 Å². The summed E-state index contributed by atoms with van der Waals surface area (Å²) in [6.07, 6.45) is 1.91. The summed E-state index contributed by atoms with van der Waals surface area (Å²) in [4.78, 5) is 4.81. The van der Waals surface area contributed by atoms with Gasteiger partial charge in [0.1, 0.15) is 0 Å². The van der Waals surface area contributed by atoms with Gasteiger partial charge in [0.25, 0.3) is 0 Å². The molecule has 21 heavy (non-hydrogen) atoms. The Bertz CT molecular complexity index is 599. The number of hydrogen-bond acceptors (Lipinski definition) is 3. The summed E-state index contributed by atoms with van der Waals surface area (Å²) < 4.78 is 2.00. The molecular formula is C17H26N4. The summed E-state index contributed by atoms with van der Waals surface area (Å²) in [5.74, 6) is 1.34.